The molecule has 1 heterocycles. The summed E-state index contributed by atoms with van der Waals surface area (Å²) < 4.78 is 5.34. The van der Waals surface area contributed by atoms with Crippen LogP contribution in [0.4, 0.5) is 0 Å². The van der Waals surface area contributed by atoms with Crippen molar-refractivity contribution in [3.8, 4) is 0 Å². The molecule has 0 aromatic rings. The van der Waals surface area contributed by atoms with Crippen LogP contribution in [0.2, 0.25) is 0 Å². The Labute approximate surface area is 68.5 Å². The van der Waals surface area contributed by atoms with Gasteiger partial charge in [-0.15, -0.1) is 0 Å². The molecule has 1 aliphatic heterocycles. The van der Waals surface area contributed by atoms with Gasteiger partial charge in [0.05, 0.1) is 6.61 Å². The Bertz CT molecular complexity index is 108. The Morgan fingerprint density at radius 1 is 1.64 bits per heavy atom. The van der Waals surface area contributed by atoms with Crippen molar-refractivity contribution in [1.82, 2.24) is 5.01 Å². The molecule has 0 unspecified atom stereocenters. The number of piperidine rings is 1. The Hall–Kier alpha value is -0.120. The molecule has 66 valence electrons. The van der Waals surface area contributed by atoms with Gasteiger partial charge in [-0.25, -0.2) is 5.01 Å². The van der Waals surface area contributed by atoms with Gasteiger partial charge in [-0.1, -0.05) is 0 Å². The third kappa shape index (κ3) is 3.18. The van der Waals surface area contributed by atoms with Crippen LogP contribution in [-0.2, 0) is 4.74 Å². The lowest BCUT2D eigenvalue weighted by Gasteiger charge is -2.28. The molecule has 0 aliphatic carbocycles. The van der Waals surface area contributed by atoms with Crippen LogP contribution in [0.25, 0.3) is 0 Å². The van der Waals surface area contributed by atoms with E-state index in [0.717, 1.165) is 26.3 Å². The molecule has 3 nitrogen and oxygen atoms in total. The molecule has 1 aliphatic rings. The van der Waals surface area contributed by atoms with E-state index in [1.807, 2.05) is 11.9 Å². The highest BCUT2D eigenvalue weighted by molar-refractivity contribution is 4.68. The van der Waals surface area contributed by atoms with Crippen molar-refractivity contribution < 1.29 is 4.74 Å². The summed E-state index contributed by atoms with van der Waals surface area (Å²) >= 11 is 0. The lowest BCUT2D eigenvalue weighted by atomic mass is 10.0. The maximum atomic E-state index is 5.67. The highest BCUT2D eigenvalue weighted by atomic mass is 16.5. The largest absolute Gasteiger partial charge is 0.381 e. The van der Waals surface area contributed by atoms with E-state index in [2.05, 4.69) is 0 Å². The van der Waals surface area contributed by atoms with E-state index < -0.39 is 0 Å². The topological polar surface area (TPSA) is 38.5 Å². The molecule has 1 rings (SSSR count). The van der Waals surface area contributed by atoms with E-state index in [1.165, 1.54) is 12.8 Å². The summed E-state index contributed by atoms with van der Waals surface area (Å²) in [7, 11) is 0. The van der Waals surface area contributed by atoms with Crippen LogP contribution < -0.4 is 5.84 Å². The van der Waals surface area contributed by atoms with Crippen LogP contribution in [-0.4, -0.2) is 31.3 Å². The second-order valence-electron chi connectivity index (χ2n) is 3.16. The highest BCUT2D eigenvalue weighted by Gasteiger charge is 2.16. The average molecular weight is 158 g/mol. The van der Waals surface area contributed by atoms with Gasteiger partial charge >= 0.3 is 0 Å². The smallest absolute Gasteiger partial charge is 0.0506 e. The van der Waals surface area contributed by atoms with E-state index in [0.29, 0.717) is 5.92 Å². The fraction of sp³-hybridized carbons (Fsp3) is 1.00. The van der Waals surface area contributed by atoms with E-state index in [4.69, 9.17) is 10.6 Å². The Morgan fingerprint density at radius 2 is 2.45 bits per heavy atom. The van der Waals surface area contributed by atoms with Crippen LogP contribution >= 0.6 is 0 Å². The summed E-state index contributed by atoms with van der Waals surface area (Å²) in [6.45, 7) is 5.77. The third-order valence-electron chi connectivity index (χ3n) is 2.11. The number of ether oxygens (including phenoxy) is 1. The number of hydrogen-bond acceptors (Lipinski definition) is 3. The number of nitrogens with zero attached hydrogens (tertiary/aromatic N) is 1. The summed E-state index contributed by atoms with van der Waals surface area (Å²) in [6.07, 6.45) is 2.49. The monoisotopic (exact) mass is 158 g/mol. The number of hydrogen-bond donors (Lipinski definition) is 1. The predicted molar refractivity (Wildman–Crippen MR) is 45.0 cm³/mol. The first-order chi connectivity index (χ1) is 5.33. The Morgan fingerprint density at radius 3 is 3.09 bits per heavy atom. The standard InChI is InChI=1S/C8H18N2O/c1-2-11-7-8-4-3-5-10(9)6-8/h8H,2-7,9H2,1H3/t8-/m1/s1. The predicted octanol–water partition coefficient (Wildman–Crippen LogP) is 0.609. The summed E-state index contributed by atoms with van der Waals surface area (Å²) in [6, 6.07) is 0. The fourth-order valence-electron chi connectivity index (χ4n) is 1.52. The number of hydrazine groups is 1. The maximum absolute atomic E-state index is 5.67. The fourth-order valence-corrected chi connectivity index (χ4v) is 1.52. The molecule has 3 heteroatoms. The molecular formula is C8H18N2O. The highest BCUT2D eigenvalue weighted by Crippen LogP contribution is 2.13. The lowest BCUT2D eigenvalue weighted by molar-refractivity contribution is 0.0672. The van der Waals surface area contributed by atoms with Gasteiger partial charge in [-0.2, -0.15) is 0 Å². The molecule has 1 fully saturated rings. The third-order valence-corrected chi connectivity index (χ3v) is 2.11. The molecule has 1 atom stereocenters. The minimum absolute atomic E-state index is 0.661. The molecule has 0 amide bonds. The van der Waals surface area contributed by atoms with Gasteiger partial charge in [0.15, 0.2) is 0 Å². The number of nitrogens with two attached hydrogens (primary N) is 1. The summed E-state index contributed by atoms with van der Waals surface area (Å²) in [5.41, 5.74) is 0. The van der Waals surface area contributed by atoms with Crippen molar-refractivity contribution in [3.05, 3.63) is 0 Å². The second-order valence-corrected chi connectivity index (χ2v) is 3.16. The first-order valence-electron chi connectivity index (χ1n) is 4.40. The zero-order valence-corrected chi connectivity index (χ0v) is 7.25. The van der Waals surface area contributed by atoms with Gasteiger partial charge in [0.1, 0.15) is 0 Å². The minimum atomic E-state index is 0.661. The zero-order chi connectivity index (χ0) is 8.10. The lowest BCUT2D eigenvalue weighted by Crippen LogP contribution is -2.41. The van der Waals surface area contributed by atoms with E-state index in [9.17, 15) is 0 Å². The van der Waals surface area contributed by atoms with Crippen LogP contribution in [0.3, 0.4) is 0 Å². The van der Waals surface area contributed by atoms with Crippen molar-refractivity contribution in [3.63, 3.8) is 0 Å². The van der Waals surface area contributed by atoms with Gasteiger partial charge in [0.25, 0.3) is 0 Å². The van der Waals surface area contributed by atoms with Gasteiger partial charge in [-0.3, -0.25) is 5.84 Å². The first-order valence-corrected chi connectivity index (χ1v) is 4.40. The van der Waals surface area contributed by atoms with Gasteiger partial charge in [0.2, 0.25) is 0 Å². The van der Waals surface area contributed by atoms with Crippen molar-refractivity contribution in [1.29, 1.82) is 0 Å². The summed E-state index contributed by atoms with van der Waals surface area (Å²) in [5, 5.41) is 1.90. The molecule has 0 spiro atoms. The van der Waals surface area contributed by atoms with Crippen molar-refractivity contribution >= 4 is 0 Å². The molecule has 0 saturated carbocycles. The van der Waals surface area contributed by atoms with Crippen molar-refractivity contribution in [2.75, 3.05) is 26.3 Å². The van der Waals surface area contributed by atoms with Crippen LogP contribution in [0.5, 0.6) is 0 Å². The van der Waals surface area contributed by atoms with Crippen LogP contribution in [0.15, 0.2) is 0 Å². The molecule has 11 heavy (non-hydrogen) atoms. The van der Waals surface area contributed by atoms with Crippen molar-refractivity contribution in [2.24, 2.45) is 11.8 Å². The van der Waals surface area contributed by atoms with Crippen LogP contribution in [0, 0.1) is 5.92 Å². The molecular weight excluding hydrogens is 140 g/mol. The molecule has 0 aromatic heterocycles. The van der Waals surface area contributed by atoms with E-state index >= 15 is 0 Å². The first kappa shape index (κ1) is 8.97. The van der Waals surface area contributed by atoms with E-state index in [1.54, 1.807) is 0 Å². The quantitative estimate of drug-likeness (QED) is 0.612. The van der Waals surface area contributed by atoms with Crippen LogP contribution in [0.1, 0.15) is 19.8 Å². The summed E-state index contributed by atoms with van der Waals surface area (Å²) in [4.78, 5) is 0. The SMILES string of the molecule is CCOC[C@@H]1CCCN(N)C1. The van der Waals surface area contributed by atoms with E-state index in [-0.39, 0.29) is 0 Å². The van der Waals surface area contributed by atoms with Gasteiger partial charge in [0, 0.05) is 19.7 Å². The average Bonchev–Trinajstić information content (AvgIpc) is 2.01. The molecule has 1 saturated heterocycles. The van der Waals surface area contributed by atoms with Gasteiger partial charge in [-0.05, 0) is 25.7 Å². The molecule has 0 aromatic carbocycles. The molecule has 0 radical (unpaired) electrons. The number of rotatable bonds is 3. The Kier molecular flexibility index (Phi) is 3.83. The van der Waals surface area contributed by atoms with Crippen molar-refractivity contribution in [2.45, 2.75) is 19.8 Å². The van der Waals surface area contributed by atoms with Gasteiger partial charge < -0.3 is 4.74 Å². The molecule has 0 bridgehead atoms. The minimum Gasteiger partial charge on any atom is -0.381 e. The second kappa shape index (κ2) is 4.70. The molecule has 2 N–H and O–H groups in total. The summed E-state index contributed by atoms with van der Waals surface area (Å²) in [5.74, 6) is 6.34. The Balaban J connectivity index is 2.12. The zero-order valence-electron chi connectivity index (χ0n) is 7.25. The maximum Gasteiger partial charge on any atom is 0.0506 e. The normalized spacial score (nSPS) is 27.3.